The van der Waals surface area contributed by atoms with E-state index in [0.717, 1.165) is 32.2 Å². The molecule has 0 amide bonds. The molecule has 1 saturated heterocycles. The topological polar surface area (TPSA) is 38.5 Å². The summed E-state index contributed by atoms with van der Waals surface area (Å²) in [6.45, 7) is 8.11. The predicted octanol–water partition coefficient (Wildman–Crippen LogP) is 2.39. The molecule has 1 heterocycles. The molecule has 0 bridgehead atoms. The van der Waals surface area contributed by atoms with Gasteiger partial charge in [-0.05, 0) is 26.2 Å². The van der Waals surface area contributed by atoms with E-state index in [9.17, 15) is 0 Å². The average Bonchev–Trinajstić information content (AvgIpc) is 2.36. The van der Waals surface area contributed by atoms with Crippen molar-refractivity contribution >= 4 is 0 Å². The van der Waals surface area contributed by atoms with Crippen molar-refractivity contribution in [2.75, 3.05) is 26.2 Å². The Bertz CT molecular complexity index is 249. The largest absolute Gasteiger partial charge is 0.373 e. The van der Waals surface area contributed by atoms with Crippen molar-refractivity contribution in [1.29, 1.82) is 0 Å². The molecule has 1 atom stereocenters. The maximum Gasteiger partial charge on any atom is 0.0753 e. The van der Waals surface area contributed by atoms with Gasteiger partial charge in [0.05, 0.1) is 12.2 Å². The van der Waals surface area contributed by atoms with Gasteiger partial charge in [-0.25, -0.2) is 0 Å². The Balaban J connectivity index is 1.86. The molecule has 2 rings (SSSR count). The van der Waals surface area contributed by atoms with E-state index in [1.54, 1.807) is 0 Å². The summed E-state index contributed by atoms with van der Waals surface area (Å²) in [6, 6.07) is 0.566. The lowest BCUT2D eigenvalue weighted by Crippen LogP contribution is -2.54. The number of nitrogens with two attached hydrogens (primary N) is 1. The maximum absolute atomic E-state index is 6.03. The number of hydrogen-bond donors (Lipinski definition) is 1. The van der Waals surface area contributed by atoms with Crippen LogP contribution in [0, 0.1) is 5.92 Å². The van der Waals surface area contributed by atoms with E-state index in [1.807, 2.05) is 0 Å². The smallest absolute Gasteiger partial charge is 0.0753 e. The molecule has 0 aromatic rings. The second kappa shape index (κ2) is 6.36. The zero-order valence-corrected chi connectivity index (χ0v) is 12.2. The van der Waals surface area contributed by atoms with Crippen LogP contribution >= 0.6 is 0 Å². The fourth-order valence-corrected chi connectivity index (χ4v) is 3.57. The first-order chi connectivity index (χ1) is 8.61. The summed E-state index contributed by atoms with van der Waals surface area (Å²) in [5.41, 5.74) is 6.03. The monoisotopic (exact) mass is 254 g/mol. The standard InChI is InChI=1S/C15H30N2O/c1-15(2)12-17(8-9-18-15)14(11-16)10-13-6-4-3-5-7-13/h13-14H,3-12,16H2,1-2H3. The normalized spacial score (nSPS) is 28.2. The third-order valence-corrected chi connectivity index (χ3v) is 4.57. The molecule has 2 N–H and O–H groups in total. The van der Waals surface area contributed by atoms with Crippen LogP contribution in [0.4, 0.5) is 0 Å². The van der Waals surface area contributed by atoms with Crippen molar-refractivity contribution < 1.29 is 4.74 Å². The van der Waals surface area contributed by atoms with Crippen LogP contribution in [0.15, 0.2) is 0 Å². The van der Waals surface area contributed by atoms with E-state index in [0.29, 0.717) is 6.04 Å². The number of morpholine rings is 1. The van der Waals surface area contributed by atoms with Crippen LogP contribution in [-0.4, -0.2) is 42.8 Å². The molecule has 0 spiro atoms. The maximum atomic E-state index is 6.03. The average molecular weight is 254 g/mol. The fourth-order valence-electron chi connectivity index (χ4n) is 3.57. The second-order valence-electron chi connectivity index (χ2n) is 6.71. The van der Waals surface area contributed by atoms with Gasteiger partial charge in [0.1, 0.15) is 0 Å². The van der Waals surface area contributed by atoms with Crippen LogP contribution in [0.1, 0.15) is 52.4 Å². The van der Waals surface area contributed by atoms with Crippen LogP contribution in [0.25, 0.3) is 0 Å². The summed E-state index contributed by atoms with van der Waals surface area (Å²) >= 11 is 0. The molecule has 2 fully saturated rings. The Morgan fingerprint density at radius 3 is 2.61 bits per heavy atom. The van der Waals surface area contributed by atoms with Crippen molar-refractivity contribution in [3.8, 4) is 0 Å². The molecule has 0 radical (unpaired) electrons. The summed E-state index contributed by atoms with van der Waals surface area (Å²) < 4.78 is 5.80. The molecule has 1 aliphatic heterocycles. The lowest BCUT2D eigenvalue weighted by molar-refractivity contribution is -0.0983. The molecular weight excluding hydrogens is 224 g/mol. The van der Waals surface area contributed by atoms with Gasteiger partial charge in [-0.15, -0.1) is 0 Å². The van der Waals surface area contributed by atoms with E-state index in [-0.39, 0.29) is 5.60 Å². The molecule has 0 aromatic carbocycles. The molecule has 1 unspecified atom stereocenters. The van der Waals surface area contributed by atoms with E-state index in [4.69, 9.17) is 10.5 Å². The Morgan fingerprint density at radius 2 is 2.00 bits per heavy atom. The van der Waals surface area contributed by atoms with Gasteiger partial charge in [-0.2, -0.15) is 0 Å². The summed E-state index contributed by atoms with van der Waals surface area (Å²) in [4.78, 5) is 2.57. The number of hydrogen-bond acceptors (Lipinski definition) is 3. The summed E-state index contributed by atoms with van der Waals surface area (Å²) in [7, 11) is 0. The minimum atomic E-state index is -0.00175. The molecule has 1 saturated carbocycles. The van der Waals surface area contributed by atoms with Crippen LogP contribution in [0.2, 0.25) is 0 Å². The minimum absolute atomic E-state index is 0.00175. The molecule has 3 heteroatoms. The van der Waals surface area contributed by atoms with Crippen molar-refractivity contribution in [2.24, 2.45) is 11.7 Å². The Kier molecular flexibility index (Phi) is 5.05. The van der Waals surface area contributed by atoms with Gasteiger partial charge in [0.2, 0.25) is 0 Å². The van der Waals surface area contributed by atoms with Crippen LogP contribution in [0.3, 0.4) is 0 Å². The van der Waals surface area contributed by atoms with E-state index in [2.05, 4.69) is 18.7 Å². The van der Waals surface area contributed by atoms with E-state index < -0.39 is 0 Å². The highest BCUT2D eigenvalue weighted by Gasteiger charge is 2.31. The van der Waals surface area contributed by atoms with E-state index >= 15 is 0 Å². The molecule has 106 valence electrons. The van der Waals surface area contributed by atoms with Gasteiger partial charge in [-0.3, -0.25) is 4.90 Å². The number of rotatable bonds is 4. The highest BCUT2D eigenvalue weighted by molar-refractivity contribution is 4.85. The van der Waals surface area contributed by atoms with Crippen LogP contribution in [0.5, 0.6) is 0 Å². The lowest BCUT2D eigenvalue weighted by atomic mass is 9.84. The first-order valence-corrected chi connectivity index (χ1v) is 7.69. The van der Waals surface area contributed by atoms with Crippen molar-refractivity contribution in [1.82, 2.24) is 4.90 Å². The second-order valence-corrected chi connectivity index (χ2v) is 6.71. The summed E-state index contributed by atoms with van der Waals surface area (Å²) in [5.74, 6) is 0.915. The first-order valence-electron chi connectivity index (χ1n) is 7.69. The van der Waals surface area contributed by atoms with Gasteiger partial charge >= 0.3 is 0 Å². The molecule has 18 heavy (non-hydrogen) atoms. The molecular formula is C15H30N2O. The Morgan fingerprint density at radius 1 is 1.28 bits per heavy atom. The summed E-state index contributed by atoms with van der Waals surface area (Å²) in [6.07, 6.45) is 8.43. The molecule has 1 aliphatic carbocycles. The SMILES string of the molecule is CC1(C)CN(C(CN)CC2CCCCC2)CCO1. The third kappa shape index (κ3) is 3.94. The van der Waals surface area contributed by atoms with Crippen LogP contribution < -0.4 is 5.73 Å². The van der Waals surface area contributed by atoms with Gasteiger partial charge in [0.15, 0.2) is 0 Å². The third-order valence-electron chi connectivity index (χ3n) is 4.57. The molecule has 3 nitrogen and oxygen atoms in total. The quantitative estimate of drug-likeness (QED) is 0.837. The van der Waals surface area contributed by atoms with Gasteiger partial charge in [0, 0.05) is 25.7 Å². The lowest BCUT2D eigenvalue weighted by Gasteiger charge is -2.43. The van der Waals surface area contributed by atoms with Crippen molar-refractivity contribution in [3.63, 3.8) is 0 Å². The van der Waals surface area contributed by atoms with Gasteiger partial charge in [0.25, 0.3) is 0 Å². The first kappa shape index (κ1) is 14.3. The highest BCUT2D eigenvalue weighted by atomic mass is 16.5. The predicted molar refractivity (Wildman–Crippen MR) is 75.6 cm³/mol. The fraction of sp³-hybridized carbons (Fsp3) is 1.00. The Labute approximate surface area is 112 Å². The Hall–Kier alpha value is -0.120. The van der Waals surface area contributed by atoms with Crippen molar-refractivity contribution in [2.45, 2.75) is 64.0 Å². The zero-order valence-electron chi connectivity index (χ0n) is 12.2. The molecule has 0 aromatic heterocycles. The summed E-state index contributed by atoms with van der Waals surface area (Å²) in [5, 5.41) is 0. The molecule has 2 aliphatic rings. The van der Waals surface area contributed by atoms with E-state index in [1.165, 1.54) is 38.5 Å². The van der Waals surface area contributed by atoms with Gasteiger partial charge in [-0.1, -0.05) is 32.1 Å². The van der Waals surface area contributed by atoms with Gasteiger partial charge < -0.3 is 10.5 Å². The van der Waals surface area contributed by atoms with Crippen LogP contribution in [-0.2, 0) is 4.74 Å². The number of nitrogens with zero attached hydrogens (tertiary/aromatic N) is 1. The minimum Gasteiger partial charge on any atom is -0.373 e. The number of ether oxygens (including phenoxy) is 1. The zero-order chi connectivity index (χ0) is 13.0. The highest BCUT2D eigenvalue weighted by Crippen LogP contribution is 2.29. The van der Waals surface area contributed by atoms with Crippen molar-refractivity contribution in [3.05, 3.63) is 0 Å².